The third-order valence-electron chi connectivity index (χ3n) is 4.03. The lowest BCUT2D eigenvalue weighted by molar-refractivity contribution is -0.120. The van der Waals surface area contributed by atoms with Crippen molar-refractivity contribution >= 4 is 27.5 Å². The number of terminal acetylenes is 1. The average Bonchev–Trinajstić information content (AvgIpc) is 3.03. The molecule has 0 fully saturated rings. The fourth-order valence-corrected chi connectivity index (χ4v) is 3.75. The molecule has 0 aliphatic carbocycles. The van der Waals surface area contributed by atoms with Gasteiger partial charge >= 0.3 is 0 Å². The molecule has 0 atom stereocenters. The van der Waals surface area contributed by atoms with E-state index in [1.165, 1.54) is 16.9 Å². The molecular weight excluding hydrogens is 360 g/mol. The number of nitrogens with zero attached hydrogens (tertiary/aromatic N) is 2. The Balaban J connectivity index is 1.86. The number of ether oxygens (including phenoxy) is 2. The Morgan fingerprint density at radius 1 is 1.26 bits per heavy atom. The van der Waals surface area contributed by atoms with Crippen LogP contribution in [0.25, 0.3) is 10.2 Å². The maximum Gasteiger partial charge on any atom is 0.286 e. The van der Waals surface area contributed by atoms with Gasteiger partial charge < -0.3 is 14.0 Å². The standard InChI is InChI=1S/C21H20N2O3S/c1-4-11-23-18-10-9-15(5-2)12-19(18)27-21(23)22-20(24)14-26-17-8-6-7-16(13-17)25-3/h1,6-10,12-13H,5,11,14H2,2-3H3. The van der Waals surface area contributed by atoms with Crippen molar-refractivity contribution in [3.8, 4) is 23.8 Å². The molecule has 0 spiro atoms. The second kappa shape index (κ2) is 8.56. The zero-order chi connectivity index (χ0) is 19.2. The highest BCUT2D eigenvalue weighted by molar-refractivity contribution is 7.16. The van der Waals surface area contributed by atoms with E-state index >= 15 is 0 Å². The van der Waals surface area contributed by atoms with E-state index in [0.717, 1.165) is 16.6 Å². The Bertz CT molecular complexity index is 1070. The minimum absolute atomic E-state index is 0.155. The average molecular weight is 380 g/mol. The number of carbonyl (C=O) groups excluding carboxylic acids is 1. The van der Waals surface area contributed by atoms with Gasteiger partial charge in [0.2, 0.25) is 0 Å². The zero-order valence-electron chi connectivity index (χ0n) is 15.3. The Labute approximate surface area is 161 Å². The number of fused-ring (bicyclic) bond motifs is 1. The molecule has 0 aliphatic heterocycles. The lowest BCUT2D eigenvalue weighted by Crippen LogP contribution is -2.19. The molecule has 5 nitrogen and oxygen atoms in total. The van der Waals surface area contributed by atoms with Crippen LogP contribution in [0.4, 0.5) is 0 Å². The number of aryl methyl sites for hydroxylation is 1. The van der Waals surface area contributed by atoms with Gasteiger partial charge in [-0.3, -0.25) is 4.79 Å². The van der Waals surface area contributed by atoms with Gasteiger partial charge in [-0.2, -0.15) is 4.99 Å². The van der Waals surface area contributed by atoms with Crippen LogP contribution in [0.1, 0.15) is 12.5 Å². The molecule has 3 aromatic rings. The van der Waals surface area contributed by atoms with Crippen molar-refractivity contribution in [2.24, 2.45) is 4.99 Å². The first kappa shape index (κ1) is 18.7. The molecule has 0 saturated carbocycles. The molecule has 2 aromatic carbocycles. The first-order valence-corrected chi connectivity index (χ1v) is 9.36. The van der Waals surface area contributed by atoms with Gasteiger partial charge in [-0.05, 0) is 36.2 Å². The fraction of sp³-hybridized carbons (Fsp3) is 0.238. The van der Waals surface area contributed by atoms with Crippen LogP contribution in [0.5, 0.6) is 11.5 Å². The van der Waals surface area contributed by atoms with Crippen LogP contribution in [-0.2, 0) is 17.8 Å². The molecule has 138 valence electrons. The number of methoxy groups -OCH3 is 1. The van der Waals surface area contributed by atoms with E-state index in [0.29, 0.717) is 22.8 Å². The van der Waals surface area contributed by atoms with Gasteiger partial charge in [0.05, 0.1) is 23.9 Å². The molecular formula is C21H20N2O3S. The van der Waals surface area contributed by atoms with Gasteiger partial charge in [-0.1, -0.05) is 36.3 Å². The van der Waals surface area contributed by atoms with Crippen LogP contribution in [0.2, 0.25) is 0 Å². The van der Waals surface area contributed by atoms with Crippen molar-refractivity contribution in [3.63, 3.8) is 0 Å². The number of benzene rings is 2. The number of aromatic nitrogens is 1. The van der Waals surface area contributed by atoms with Gasteiger partial charge in [0, 0.05) is 6.07 Å². The number of carbonyl (C=O) groups is 1. The van der Waals surface area contributed by atoms with E-state index in [-0.39, 0.29) is 12.5 Å². The molecule has 3 rings (SSSR count). The van der Waals surface area contributed by atoms with Crippen molar-refractivity contribution in [2.45, 2.75) is 19.9 Å². The normalized spacial score (nSPS) is 11.4. The number of rotatable bonds is 6. The fourth-order valence-electron chi connectivity index (χ4n) is 2.64. The molecule has 0 radical (unpaired) electrons. The van der Waals surface area contributed by atoms with E-state index < -0.39 is 0 Å². The molecule has 0 unspecified atom stereocenters. The molecule has 1 amide bonds. The maximum atomic E-state index is 12.3. The first-order valence-electron chi connectivity index (χ1n) is 8.54. The van der Waals surface area contributed by atoms with Crippen molar-refractivity contribution in [1.29, 1.82) is 0 Å². The molecule has 0 saturated heterocycles. The molecule has 0 aliphatic rings. The molecule has 1 heterocycles. The van der Waals surface area contributed by atoms with E-state index in [1.54, 1.807) is 25.3 Å². The summed E-state index contributed by atoms with van der Waals surface area (Å²) < 4.78 is 13.6. The molecule has 6 heteroatoms. The van der Waals surface area contributed by atoms with Crippen molar-refractivity contribution < 1.29 is 14.3 Å². The first-order chi connectivity index (χ1) is 13.1. The Hall–Kier alpha value is -3.04. The molecule has 0 bridgehead atoms. The summed E-state index contributed by atoms with van der Waals surface area (Å²) in [7, 11) is 1.58. The van der Waals surface area contributed by atoms with Gasteiger partial charge in [0.25, 0.3) is 5.91 Å². The van der Waals surface area contributed by atoms with E-state index in [4.69, 9.17) is 15.9 Å². The second-order valence-corrected chi connectivity index (χ2v) is 6.81. The Morgan fingerprint density at radius 3 is 2.81 bits per heavy atom. The summed E-state index contributed by atoms with van der Waals surface area (Å²) in [5, 5.41) is 0. The molecule has 27 heavy (non-hydrogen) atoms. The monoisotopic (exact) mass is 380 g/mol. The van der Waals surface area contributed by atoms with Crippen LogP contribution < -0.4 is 14.3 Å². The minimum Gasteiger partial charge on any atom is -0.497 e. The SMILES string of the molecule is C#CCn1c(=NC(=O)COc2cccc(OC)c2)sc2cc(CC)ccc21. The van der Waals surface area contributed by atoms with Crippen molar-refractivity contribution in [2.75, 3.05) is 13.7 Å². The quantitative estimate of drug-likeness (QED) is 0.616. The highest BCUT2D eigenvalue weighted by atomic mass is 32.1. The van der Waals surface area contributed by atoms with Crippen LogP contribution in [0.15, 0.2) is 47.5 Å². The molecule has 1 aromatic heterocycles. The number of amides is 1. The Morgan fingerprint density at radius 2 is 2.07 bits per heavy atom. The van der Waals surface area contributed by atoms with Crippen LogP contribution in [0, 0.1) is 12.3 Å². The van der Waals surface area contributed by atoms with Crippen LogP contribution in [-0.4, -0.2) is 24.2 Å². The van der Waals surface area contributed by atoms with Crippen LogP contribution >= 0.6 is 11.3 Å². The third-order valence-corrected chi connectivity index (χ3v) is 5.07. The zero-order valence-corrected chi connectivity index (χ0v) is 16.1. The lowest BCUT2D eigenvalue weighted by atomic mass is 10.2. The summed E-state index contributed by atoms with van der Waals surface area (Å²) in [6, 6.07) is 13.3. The summed E-state index contributed by atoms with van der Waals surface area (Å²) in [4.78, 5) is 17.1. The van der Waals surface area contributed by atoms with E-state index in [9.17, 15) is 4.79 Å². The van der Waals surface area contributed by atoms with Crippen molar-refractivity contribution in [3.05, 3.63) is 52.8 Å². The highest BCUT2D eigenvalue weighted by Crippen LogP contribution is 2.20. The second-order valence-electron chi connectivity index (χ2n) is 5.80. The predicted octanol–water partition coefficient (Wildman–Crippen LogP) is 3.41. The highest BCUT2D eigenvalue weighted by Gasteiger charge is 2.09. The Kier molecular flexibility index (Phi) is 5.94. The lowest BCUT2D eigenvalue weighted by Gasteiger charge is -2.05. The summed E-state index contributed by atoms with van der Waals surface area (Å²) in [6.07, 6.45) is 6.45. The summed E-state index contributed by atoms with van der Waals surface area (Å²) in [5.41, 5.74) is 2.21. The number of hydrogen-bond donors (Lipinski definition) is 0. The molecule has 0 N–H and O–H groups in total. The number of thiazole rings is 1. The van der Waals surface area contributed by atoms with E-state index in [2.05, 4.69) is 30.0 Å². The topological polar surface area (TPSA) is 52.8 Å². The number of hydrogen-bond acceptors (Lipinski definition) is 4. The predicted molar refractivity (Wildman–Crippen MR) is 107 cm³/mol. The minimum atomic E-state index is -0.370. The summed E-state index contributed by atoms with van der Waals surface area (Å²) in [5.74, 6) is 3.48. The summed E-state index contributed by atoms with van der Waals surface area (Å²) >= 11 is 1.45. The summed E-state index contributed by atoms with van der Waals surface area (Å²) in [6.45, 7) is 2.31. The van der Waals surface area contributed by atoms with E-state index in [1.807, 2.05) is 16.7 Å². The van der Waals surface area contributed by atoms with Crippen LogP contribution in [0.3, 0.4) is 0 Å². The van der Waals surface area contributed by atoms with Crippen molar-refractivity contribution in [1.82, 2.24) is 4.57 Å². The van der Waals surface area contributed by atoms with Gasteiger partial charge in [-0.15, -0.1) is 6.42 Å². The van der Waals surface area contributed by atoms with Gasteiger partial charge in [0.1, 0.15) is 11.5 Å². The van der Waals surface area contributed by atoms with Gasteiger partial charge in [-0.25, -0.2) is 0 Å². The maximum absolute atomic E-state index is 12.3. The van der Waals surface area contributed by atoms with Gasteiger partial charge in [0.15, 0.2) is 11.4 Å². The third kappa shape index (κ3) is 4.39. The largest absolute Gasteiger partial charge is 0.497 e. The smallest absolute Gasteiger partial charge is 0.286 e.